The van der Waals surface area contributed by atoms with E-state index in [0.29, 0.717) is 6.42 Å². The average Bonchev–Trinajstić information content (AvgIpc) is 3.05. The van der Waals surface area contributed by atoms with Crippen molar-refractivity contribution < 1.29 is 33.9 Å². The van der Waals surface area contributed by atoms with E-state index in [-0.39, 0.29) is 37.0 Å². The maximum absolute atomic E-state index is 13.7. The summed E-state index contributed by atoms with van der Waals surface area (Å²) >= 11 is 0. The van der Waals surface area contributed by atoms with Gasteiger partial charge in [-0.1, -0.05) is 102 Å². The number of aliphatic hydroxyl groups is 1. The van der Waals surface area contributed by atoms with Crippen molar-refractivity contribution in [2.24, 2.45) is 23.5 Å². The van der Waals surface area contributed by atoms with E-state index in [2.05, 4.69) is 26.6 Å². The van der Waals surface area contributed by atoms with Gasteiger partial charge in [-0.3, -0.25) is 28.8 Å². The van der Waals surface area contributed by atoms with Gasteiger partial charge >= 0.3 is 0 Å². The molecule has 0 radical (unpaired) electrons. The van der Waals surface area contributed by atoms with Gasteiger partial charge in [0.15, 0.2) is 0 Å². The van der Waals surface area contributed by atoms with Gasteiger partial charge in [0.1, 0.15) is 24.2 Å². The monoisotopic (exact) mass is 722 g/mol. The normalized spacial score (nSPS) is 14.8. The first-order chi connectivity index (χ1) is 24.5. The molecule has 0 aliphatic heterocycles. The number of nitrogens with two attached hydrogens (primary N) is 1. The van der Waals surface area contributed by atoms with E-state index in [0.717, 1.165) is 11.1 Å². The topological polar surface area (TPSA) is 209 Å². The second-order valence-corrected chi connectivity index (χ2v) is 14.6. The molecule has 2 aromatic rings. The number of amides is 6. The summed E-state index contributed by atoms with van der Waals surface area (Å²) in [6.07, 6.45) is -0.789. The Balaban J connectivity index is 2.15. The summed E-state index contributed by atoms with van der Waals surface area (Å²) in [5, 5.41) is 24.9. The zero-order valence-electron chi connectivity index (χ0n) is 31.5. The number of carbonyl (C=O) groups is 6. The molecule has 286 valence electrons. The highest BCUT2D eigenvalue weighted by Gasteiger charge is 2.33. The summed E-state index contributed by atoms with van der Waals surface area (Å²) in [5.41, 5.74) is 7.23. The van der Waals surface area contributed by atoms with E-state index < -0.39 is 78.2 Å². The molecule has 0 heterocycles. The molecule has 0 saturated heterocycles. The van der Waals surface area contributed by atoms with Crippen LogP contribution in [-0.2, 0) is 41.6 Å². The van der Waals surface area contributed by atoms with E-state index >= 15 is 0 Å². The fraction of sp³-hybridized carbons (Fsp3) is 0.538. The molecule has 2 aromatic carbocycles. The summed E-state index contributed by atoms with van der Waals surface area (Å²) in [7, 11) is 0. The SMILES string of the molecule is CC(=O)N[C@@H](Cc1ccccc1)C(=O)N[C@H](C(=O)N[C@@H](CC(C)C)[C@@H](O)CC(=O)N[C@@H](CC(C)C)C(=O)N[C@@H](Cc1ccccc1)C(N)=O)C(C)C. The Hall–Kier alpha value is -4.78. The van der Waals surface area contributed by atoms with E-state index in [1.54, 1.807) is 13.8 Å². The maximum atomic E-state index is 13.7. The fourth-order valence-electron chi connectivity index (χ4n) is 5.82. The van der Waals surface area contributed by atoms with Gasteiger partial charge in [0.05, 0.1) is 18.6 Å². The zero-order chi connectivity index (χ0) is 39.0. The van der Waals surface area contributed by atoms with E-state index in [1.807, 2.05) is 88.4 Å². The molecule has 0 aliphatic carbocycles. The molecule has 0 aliphatic rings. The van der Waals surface area contributed by atoms with E-state index in [1.165, 1.54) is 6.92 Å². The molecule has 6 atom stereocenters. The molecule has 2 rings (SSSR count). The van der Waals surface area contributed by atoms with Crippen molar-refractivity contribution in [3.05, 3.63) is 71.8 Å². The van der Waals surface area contributed by atoms with Crippen LogP contribution in [0.5, 0.6) is 0 Å². The first-order valence-corrected chi connectivity index (χ1v) is 18.0. The third kappa shape index (κ3) is 15.6. The Bertz CT molecular complexity index is 1470. The van der Waals surface area contributed by atoms with Crippen LogP contribution in [-0.4, -0.2) is 76.9 Å². The quantitative estimate of drug-likeness (QED) is 0.102. The Kier molecular flexibility index (Phi) is 18.0. The number of benzene rings is 2. The summed E-state index contributed by atoms with van der Waals surface area (Å²) in [6, 6.07) is 13.4. The van der Waals surface area contributed by atoms with Crippen LogP contribution in [0.4, 0.5) is 0 Å². The minimum absolute atomic E-state index is 0.00350. The molecule has 8 N–H and O–H groups in total. The van der Waals surface area contributed by atoms with Gasteiger partial charge in [-0.15, -0.1) is 0 Å². The van der Waals surface area contributed by atoms with Crippen molar-refractivity contribution in [2.45, 2.75) is 117 Å². The van der Waals surface area contributed by atoms with Gasteiger partial charge in [-0.2, -0.15) is 0 Å². The molecule has 0 fully saturated rings. The van der Waals surface area contributed by atoms with Crippen LogP contribution >= 0.6 is 0 Å². The minimum atomic E-state index is -1.33. The number of hydrogen-bond donors (Lipinski definition) is 7. The number of carbonyl (C=O) groups excluding carboxylic acids is 6. The highest BCUT2D eigenvalue weighted by Crippen LogP contribution is 2.15. The lowest BCUT2D eigenvalue weighted by Gasteiger charge is -2.30. The first-order valence-electron chi connectivity index (χ1n) is 18.0. The van der Waals surface area contributed by atoms with Gasteiger partial charge in [-0.05, 0) is 41.7 Å². The standard InChI is InChI=1S/C39H58N6O7/c1-23(2)18-29(43-39(52)35(25(5)6)45-38(51)32(41-26(7)46)21-28-16-12-9-13-17-28)33(47)22-34(48)42-31(19-24(3)4)37(50)44-30(36(40)49)20-27-14-10-8-11-15-27/h8-17,23-25,29-33,35,47H,18-22H2,1-7H3,(H2,40,49)(H,41,46)(H,42,48)(H,43,52)(H,44,50)(H,45,51)/t29-,30-,31-,32-,33-,35-/m0/s1. The van der Waals surface area contributed by atoms with Crippen LogP contribution in [0.3, 0.4) is 0 Å². The molecule has 0 bridgehead atoms. The lowest BCUT2D eigenvalue weighted by Crippen LogP contribution is -2.58. The lowest BCUT2D eigenvalue weighted by molar-refractivity contribution is -0.134. The molecule has 52 heavy (non-hydrogen) atoms. The van der Waals surface area contributed by atoms with Crippen LogP contribution in [0.1, 0.15) is 78.9 Å². The van der Waals surface area contributed by atoms with Crippen LogP contribution in [0.25, 0.3) is 0 Å². The van der Waals surface area contributed by atoms with Crippen molar-refractivity contribution in [1.82, 2.24) is 26.6 Å². The Morgan fingerprint density at radius 2 is 1.12 bits per heavy atom. The van der Waals surface area contributed by atoms with Gasteiger partial charge in [0.2, 0.25) is 35.4 Å². The zero-order valence-corrected chi connectivity index (χ0v) is 31.5. The van der Waals surface area contributed by atoms with Gasteiger partial charge in [0.25, 0.3) is 0 Å². The van der Waals surface area contributed by atoms with E-state index in [9.17, 15) is 33.9 Å². The second-order valence-electron chi connectivity index (χ2n) is 14.6. The molecule has 0 unspecified atom stereocenters. The average molecular weight is 723 g/mol. The Morgan fingerprint density at radius 3 is 1.58 bits per heavy atom. The van der Waals surface area contributed by atoms with Crippen molar-refractivity contribution >= 4 is 35.4 Å². The fourth-order valence-corrected chi connectivity index (χ4v) is 5.82. The molecule has 0 spiro atoms. The van der Waals surface area contributed by atoms with E-state index in [4.69, 9.17) is 5.73 Å². The Labute approximate surface area is 307 Å². The van der Waals surface area contributed by atoms with Crippen LogP contribution in [0, 0.1) is 17.8 Å². The molecule has 6 amide bonds. The maximum Gasteiger partial charge on any atom is 0.243 e. The highest BCUT2D eigenvalue weighted by atomic mass is 16.3. The lowest BCUT2D eigenvalue weighted by atomic mass is 9.95. The summed E-state index contributed by atoms with van der Waals surface area (Å²) in [4.78, 5) is 77.9. The number of aliphatic hydroxyl groups excluding tert-OH is 1. The van der Waals surface area contributed by atoms with Gasteiger partial charge in [0, 0.05) is 19.8 Å². The second kappa shape index (κ2) is 21.6. The molecule has 13 nitrogen and oxygen atoms in total. The number of hydrogen-bond acceptors (Lipinski definition) is 7. The van der Waals surface area contributed by atoms with Crippen LogP contribution in [0.15, 0.2) is 60.7 Å². The predicted molar refractivity (Wildman–Crippen MR) is 199 cm³/mol. The molecule has 0 saturated carbocycles. The number of primary amides is 1. The number of nitrogens with one attached hydrogen (secondary N) is 5. The summed E-state index contributed by atoms with van der Waals surface area (Å²) in [6.45, 7) is 12.4. The summed E-state index contributed by atoms with van der Waals surface area (Å²) in [5.74, 6) is -3.75. The first kappa shape index (κ1) is 43.4. The molecular formula is C39H58N6O7. The number of rotatable bonds is 21. The Morgan fingerprint density at radius 1 is 0.615 bits per heavy atom. The van der Waals surface area contributed by atoms with Gasteiger partial charge in [-0.25, -0.2) is 0 Å². The highest BCUT2D eigenvalue weighted by molar-refractivity contribution is 5.93. The van der Waals surface area contributed by atoms with Crippen molar-refractivity contribution in [2.75, 3.05) is 0 Å². The minimum Gasteiger partial charge on any atom is -0.390 e. The van der Waals surface area contributed by atoms with Crippen LogP contribution < -0.4 is 32.3 Å². The molecular weight excluding hydrogens is 664 g/mol. The molecule has 13 heteroatoms. The van der Waals surface area contributed by atoms with Crippen LogP contribution in [0.2, 0.25) is 0 Å². The van der Waals surface area contributed by atoms with Crippen molar-refractivity contribution in [3.63, 3.8) is 0 Å². The van der Waals surface area contributed by atoms with Gasteiger partial charge < -0.3 is 37.4 Å². The van der Waals surface area contributed by atoms with Crippen molar-refractivity contribution in [1.29, 1.82) is 0 Å². The van der Waals surface area contributed by atoms with Crippen molar-refractivity contribution in [3.8, 4) is 0 Å². The largest absolute Gasteiger partial charge is 0.390 e. The third-order valence-corrected chi connectivity index (χ3v) is 8.44. The molecule has 0 aromatic heterocycles. The third-order valence-electron chi connectivity index (χ3n) is 8.44. The predicted octanol–water partition coefficient (Wildman–Crippen LogP) is 1.90. The smallest absolute Gasteiger partial charge is 0.243 e. The summed E-state index contributed by atoms with van der Waals surface area (Å²) < 4.78 is 0.